The van der Waals surface area contributed by atoms with Crippen LogP contribution in [0.1, 0.15) is 45.1 Å². The van der Waals surface area contributed by atoms with Crippen molar-refractivity contribution in [2.75, 3.05) is 37.9 Å². The molecule has 0 bridgehead atoms. The van der Waals surface area contributed by atoms with Crippen LogP contribution in [0.15, 0.2) is 48.5 Å². The SMILES string of the molecule is CCCCNC(=O)C(C)N(Cc1cccc(OC)c1)C(=O)CCCN(c1cccc(OC)c1)S(C)(=O)=O. The van der Waals surface area contributed by atoms with Gasteiger partial charge in [-0.15, -0.1) is 0 Å². The lowest BCUT2D eigenvalue weighted by Gasteiger charge is -2.29. The van der Waals surface area contributed by atoms with Crippen molar-refractivity contribution in [2.45, 2.75) is 52.1 Å². The quantitative estimate of drug-likeness (QED) is 0.351. The third kappa shape index (κ3) is 9.27. The van der Waals surface area contributed by atoms with Gasteiger partial charge in [0.2, 0.25) is 21.8 Å². The van der Waals surface area contributed by atoms with Gasteiger partial charge in [-0.25, -0.2) is 8.42 Å². The molecule has 1 atom stereocenters. The summed E-state index contributed by atoms with van der Waals surface area (Å²) >= 11 is 0. The van der Waals surface area contributed by atoms with Gasteiger partial charge in [-0.3, -0.25) is 13.9 Å². The van der Waals surface area contributed by atoms with E-state index in [0.717, 1.165) is 24.7 Å². The van der Waals surface area contributed by atoms with E-state index in [1.54, 1.807) is 38.3 Å². The highest BCUT2D eigenvalue weighted by molar-refractivity contribution is 7.92. The predicted octanol–water partition coefficient (Wildman–Crippen LogP) is 3.58. The van der Waals surface area contributed by atoms with Crippen molar-refractivity contribution >= 4 is 27.5 Å². The number of ether oxygens (including phenoxy) is 2. The molecule has 2 rings (SSSR count). The summed E-state index contributed by atoms with van der Waals surface area (Å²) in [5, 5.41) is 2.90. The zero-order chi connectivity index (χ0) is 27.4. The summed E-state index contributed by atoms with van der Waals surface area (Å²) in [7, 11) is -0.501. The van der Waals surface area contributed by atoms with Crippen LogP contribution in [-0.2, 0) is 26.2 Å². The number of methoxy groups -OCH3 is 2. The smallest absolute Gasteiger partial charge is 0.242 e. The molecule has 37 heavy (non-hydrogen) atoms. The van der Waals surface area contributed by atoms with Crippen molar-refractivity contribution < 1.29 is 27.5 Å². The number of carbonyl (C=O) groups is 2. The summed E-state index contributed by atoms with van der Waals surface area (Å²) in [5.74, 6) is 0.737. The average Bonchev–Trinajstić information content (AvgIpc) is 2.88. The van der Waals surface area contributed by atoms with Crippen LogP contribution in [0.2, 0.25) is 0 Å². The maximum Gasteiger partial charge on any atom is 0.242 e. The molecule has 0 saturated carbocycles. The third-order valence-corrected chi connectivity index (χ3v) is 7.17. The summed E-state index contributed by atoms with van der Waals surface area (Å²) in [6, 6.07) is 13.4. The van der Waals surface area contributed by atoms with Crippen LogP contribution in [-0.4, -0.2) is 64.7 Å². The number of hydrogen-bond acceptors (Lipinski definition) is 6. The van der Waals surface area contributed by atoms with Gasteiger partial charge in [0.1, 0.15) is 17.5 Å². The normalized spacial score (nSPS) is 11.9. The molecule has 0 aliphatic carbocycles. The van der Waals surface area contributed by atoms with Crippen molar-refractivity contribution in [3.05, 3.63) is 54.1 Å². The highest BCUT2D eigenvalue weighted by Crippen LogP contribution is 2.24. The van der Waals surface area contributed by atoms with Gasteiger partial charge in [-0.2, -0.15) is 0 Å². The van der Waals surface area contributed by atoms with Gasteiger partial charge in [0, 0.05) is 32.1 Å². The predicted molar refractivity (Wildman–Crippen MR) is 145 cm³/mol. The molecule has 0 heterocycles. The Labute approximate surface area is 220 Å². The van der Waals surface area contributed by atoms with Gasteiger partial charge in [-0.05, 0) is 49.6 Å². The van der Waals surface area contributed by atoms with Crippen LogP contribution < -0.4 is 19.1 Å². The van der Waals surface area contributed by atoms with Crippen LogP contribution in [0, 0.1) is 0 Å². The molecule has 1 unspecified atom stereocenters. The maximum atomic E-state index is 13.4. The molecule has 0 fully saturated rings. The number of hydrogen-bond donors (Lipinski definition) is 1. The number of sulfonamides is 1. The minimum absolute atomic E-state index is 0.0759. The van der Waals surface area contributed by atoms with E-state index in [2.05, 4.69) is 5.32 Å². The third-order valence-electron chi connectivity index (χ3n) is 5.98. The largest absolute Gasteiger partial charge is 0.497 e. The lowest BCUT2D eigenvalue weighted by Crippen LogP contribution is -2.48. The number of nitrogens with one attached hydrogen (secondary N) is 1. The standard InChI is InChI=1S/C27H39N3O6S/c1-6-7-16-28-27(32)21(2)29(20-22-11-8-13-24(18-22)35-3)26(31)15-10-17-30(37(5,33)34)23-12-9-14-25(19-23)36-4/h8-9,11-14,18-19,21H,6-7,10,15-17,20H2,1-5H3,(H,28,32). The maximum absolute atomic E-state index is 13.4. The monoisotopic (exact) mass is 533 g/mol. The molecular weight excluding hydrogens is 494 g/mol. The first-order valence-corrected chi connectivity index (χ1v) is 14.3. The Morgan fingerprint density at radius 3 is 2.27 bits per heavy atom. The molecule has 0 radical (unpaired) electrons. The molecule has 2 amide bonds. The van der Waals surface area contributed by atoms with Gasteiger partial charge in [0.25, 0.3) is 0 Å². The van der Waals surface area contributed by atoms with E-state index >= 15 is 0 Å². The molecule has 0 aliphatic rings. The van der Waals surface area contributed by atoms with Crippen LogP contribution in [0.25, 0.3) is 0 Å². The topological polar surface area (TPSA) is 105 Å². The van der Waals surface area contributed by atoms with Crippen LogP contribution in [0.3, 0.4) is 0 Å². The lowest BCUT2D eigenvalue weighted by atomic mass is 10.1. The van der Waals surface area contributed by atoms with Gasteiger partial charge in [0.05, 0.1) is 26.2 Å². The highest BCUT2D eigenvalue weighted by Gasteiger charge is 2.26. The Bertz CT molecular complexity index is 1140. The Hall–Kier alpha value is -3.27. The minimum Gasteiger partial charge on any atom is -0.497 e. The van der Waals surface area contributed by atoms with Gasteiger partial charge < -0.3 is 19.7 Å². The second-order valence-electron chi connectivity index (χ2n) is 8.83. The van der Waals surface area contributed by atoms with E-state index in [1.165, 1.54) is 16.3 Å². The number of unbranched alkanes of at least 4 members (excludes halogenated alkanes) is 1. The van der Waals surface area contributed by atoms with Crippen LogP contribution in [0.4, 0.5) is 5.69 Å². The summed E-state index contributed by atoms with van der Waals surface area (Å²) in [4.78, 5) is 27.7. The van der Waals surface area contributed by atoms with Gasteiger partial charge in [0.15, 0.2) is 0 Å². The first-order chi connectivity index (χ1) is 17.6. The van der Waals surface area contributed by atoms with E-state index < -0.39 is 16.1 Å². The molecule has 0 aliphatic heterocycles. The van der Waals surface area contributed by atoms with Crippen molar-refractivity contribution in [2.24, 2.45) is 0 Å². The number of nitrogens with zero attached hydrogens (tertiary/aromatic N) is 2. The zero-order valence-electron chi connectivity index (χ0n) is 22.4. The molecule has 0 spiro atoms. The number of amides is 2. The van der Waals surface area contributed by atoms with Crippen LogP contribution >= 0.6 is 0 Å². The molecule has 0 aromatic heterocycles. The van der Waals surface area contributed by atoms with Crippen molar-refractivity contribution in [3.8, 4) is 11.5 Å². The molecule has 204 valence electrons. The molecule has 1 N–H and O–H groups in total. The summed E-state index contributed by atoms with van der Waals surface area (Å²) in [6.45, 7) is 4.63. The van der Waals surface area contributed by atoms with Crippen molar-refractivity contribution in [1.82, 2.24) is 10.2 Å². The number of anilines is 1. The Morgan fingerprint density at radius 1 is 1.00 bits per heavy atom. The first kappa shape index (κ1) is 30.0. The molecule has 9 nitrogen and oxygen atoms in total. The number of benzene rings is 2. The van der Waals surface area contributed by atoms with Crippen molar-refractivity contribution in [1.29, 1.82) is 0 Å². The first-order valence-electron chi connectivity index (χ1n) is 12.4. The Balaban J connectivity index is 2.18. The summed E-state index contributed by atoms with van der Waals surface area (Å²) in [6.07, 6.45) is 3.29. The van der Waals surface area contributed by atoms with E-state index in [-0.39, 0.29) is 37.7 Å². The van der Waals surface area contributed by atoms with E-state index in [1.807, 2.05) is 31.2 Å². The molecule has 2 aromatic carbocycles. The highest BCUT2D eigenvalue weighted by atomic mass is 32.2. The second-order valence-corrected chi connectivity index (χ2v) is 10.7. The fraction of sp³-hybridized carbons (Fsp3) is 0.481. The van der Waals surface area contributed by atoms with E-state index in [4.69, 9.17) is 9.47 Å². The van der Waals surface area contributed by atoms with Gasteiger partial charge in [-0.1, -0.05) is 31.5 Å². The summed E-state index contributed by atoms with van der Waals surface area (Å²) < 4.78 is 36.8. The van der Waals surface area contributed by atoms with Crippen molar-refractivity contribution in [3.63, 3.8) is 0 Å². The van der Waals surface area contributed by atoms with Gasteiger partial charge >= 0.3 is 0 Å². The number of rotatable bonds is 15. The zero-order valence-corrected chi connectivity index (χ0v) is 23.2. The molecule has 10 heteroatoms. The second kappa shape index (κ2) is 14.5. The van der Waals surface area contributed by atoms with E-state index in [0.29, 0.717) is 23.7 Å². The summed E-state index contributed by atoms with van der Waals surface area (Å²) in [5.41, 5.74) is 1.29. The van der Waals surface area contributed by atoms with Crippen LogP contribution in [0.5, 0.6) is 11.5 Å². The minimum atomic E-state index is -3.59. The fourth-order valence-electron chi connectivity index (χ4n) is 3.86. The van der Waals surface area contributed by atoms with E-state index in [9.17, 15) is 18.0 Å². The lowest BCUT2D eigenvalue weighted by molar-refractivity contribution is -0.140. The molecule has 2 aromatic rings. The molecular formula is C27H39N3O6S. The average molecular weight is 534 g/mol. The number of carbonyl (C=O) groups excluding carboxylic acids is 2. The fourth-order valence-corrected chi connectivity index (χ4v) is 4.81. The molecule has 0 saturated heterocycles. The Morgan fingerprint density at radius 2 is 1.65 bits per heavy atom. The Kier molecular flexibility index (Phi) is 11.7.